The number of aryl methyl sites for hydroxylation is 1. The molecule has 1 amide bonds. The number of carbonyl (C=O) groups excluding carboxylic acids is 1. The van der Waals surface area contributed by atoms with Gasteiger partial charge in [0.2, 0.25) is 0 Å². The monoisotopic (exact) mass is 574 g/mol. The Hall–Kier alpha value is -2.84. The van der Waals surface area contributed by atoms with Gasteiger partial charge in [0.1, 0.15) is 12.4 Å². The lowest BCUT2D eigenvalue weighted by Crippen LogP contribution is -2.17. The normalized spacial score (nSPS) is 10.8. The number of hydrogen-bond donors (Lipinski definition) is 1. The van der Waals surface area contributed by atoms with Gasteiger partial charge >= 0.3 is 0 Å². The van der Waals surface area contributed by atoms with Crippen molar-refractivity contribution in [2.24, 2.45) is 5.10 Å². The number of nitrogens with zero attached hydrogens (tertiary/aromatic N) is 1. The average Bonchev–Trinajstić information content (AvgIpc) is 2.80. The largest absolute Gasteiger partial charge is 0.493 e. The first-order valence-electron chi connectivity index (χ1n) is 10.2. The summed E-state index contributed by atoms with van der Waals surface area (Å²) in [5, 5.41) is 4.07. The van der Waals surface area contributed by atoms with E-state index in [0.717, 1.165) is 20.1 Å². The third-order valence-electron chi connectivity index (χ3n) is 4.63. The maximum Gasteiger partial charge on any atom is 0.271 e. The summed E-state index contributed by atoms with van der Waals surface area (Å²) in [6.07, 6.45) is 1.56. The van der Waals surface area contributed by atoms with Crippen LogP contribution in [0.3, 0.4) is 0 Å². The van der Waals surface area contributed by atoms with Crippen LogP contribution in [0, 0.1) is 6.92 Å². The molecule has 0 radical (unpaired) electrons. The third-order valence-corrected chi connectivity index (χ3v) is 5.81. The molecule has 0 spiro atoms. The summed E-state index contributed by atoms with van der Waals surface area (Å²) < 4.78 is 18.3. The van der Waals surface area contributed by atoms with Crippen molar-refractivity contribution in [3.05, 3.63) is 85.8 Å². The Balaban J connectivity index is 1.64. The zero-order valence-electron chi connectivity index (χ0n) is 18.5. The van der Waals surface area contributed by atoms with Gasteiger partial charge in [-0.25, -0.2) is 5.43 Å². The van der Waals surface area contributed by atoms with Crippen molar-refractivity contribution in [1.82, 2.24) is 5.43 Å². The summed E-state index contributed by atoms with van der Waals surface area (Å²) in [5.41, 5.74) is 6.01. The predicted molar refractivity (Wildman–Crippen MR) is 137 cm³/mol. The van der Waals surface area contributed by atoms with Gasteiger partial charge in [0, 0.05) is 5.56 Å². The summed E-state index contributed by atoms with van der Waals surface area (Å²) in [6.45, 7) is 4.84. The van der Waals surface area contributed by atoms with Crippen LogP contribution >= 0.6 is 31.9 Å². The van der Waals surface area contributed by atoms with Crippen molar-refractivity contribution in [3.63, 3.8) is 0 Å². The molecule has 0 fully saturated rings. The highest BCUT2D eigenvalue weighted by atomic mass is 79.9. The Labute approximate surface area is 210 Å². The topological polar surface area (TPSA) is 69.2 Å². The molecule has 33 heavy (non-hydrogen) atoms. The van der Waals surface area contributed by atoms with E-state index in [-0.39, 0.29) is 5.91 Å². The van der Waals surface area contributed by atoms with Gasteiger partial charge in [0.25, 0.3) is 5.91 Å². The second-order valence-corrected chi connectivity index (χ2v) is 8.79. The molecule has 3 aromatic carbocycles. The lowest BCUT2D eigenvalue weighted by atomic mass is 10.2. The number of hydrogen-bond acceptors (Lipinski definition) is 5. The molecule has 0 aliphatic rings. The summed E-state index contributed by atoms with van der Waals surface area (Å²) in [4.78, 5) is 12.5. The Morgan fingerprint density at radius 1 is 1.00 bits per heavy atom. The van der Waals surface area contributed by atoms with Crippen LogP contribution in [0.25, 0.3) is 0 Å². The predicted octanol–water partition coefficient (Wildman–Crippen LogP) is 6.27. The molecule has 1 N–H and O–H groups in total. The fraction of sp³-hybridized carbons (Fsp3) is 0.200. The van der Waals surface area contributed by atoms with Crippen LogP contribution in [0.2, 0.25) is 0 Å². The van der Waals surface area contributed by atoms with Gasteiger partial charge in [-0.2, -0.15) is 5.10 Å². The van der Waals surface area contributed by atoms with Gasteiger partial charge in [-0.15, -0.1) is 0 Å². The van der Waals surface area contributed by atoms with Crippen molar-refractivity contribution in [2.45, 2.75) is 20.5 Å². The molecule has 0 saturated heterocycles. The van der Waals surface area contributed by atoms with E-state index in [9.17, 15) is 4.79 Å². The van der Waals surface area contributed by atoms with Gasteiger partial charge in [-0.3, -0.25) is 4.79 Å². The standard InChI is InChI=1S/C25H24Br2N2O4/c1-4-32-23-13-19(9-10-22(23)31-3)25(30)29-28-14-18-11-20(26)24(21(27)12-18)33-15-17-7-5-16(2)6-8-17/h5-14H,4,15H2,1-3H3,(H,29,30)/b28-14+. The number of hydrazone groups is 1. The quantitative estimate of drug-likeness (QED) is 0.241. The molecule has 8 heteroatoms. The van der Waals surface area contributed by atoms with Gasteiger partial charge in [0.05, 0.1) is 28.9 Å². The van der Waals surface area contributed by atoms with Gasteiger partial charge in [0.15, 0.2) is 11.5 Å². The number of benzene rings is 3. The van der Waals surface area contributed by atoms with Crippen LogP contribution in [-0.2, 0) is 6.61 Å². The van der Waals surface area contributed by atoms with Crippen LogP contribution in [0.4, 0.5) is 0 Å². The number of ether oxygens (including phenoxy) is 3. The highest BCUT2D eigenvalue weighted by Crippen LogP contribution is 2.35. The maximum atomic E-state index is 12.5. The van der Waals surface area contributed by atoms with Crippen molar-refractivity contribution in [2.75, 3.05) is 13.7 Å². The van der Waals surface area contributed by atoms with E-state index in [2.05, 4.69) is 61.4 Å². The number of methoxy groups -OCH3 is 1. The summed E-state index contributed by atoms with van der Waals surface area (Å²) in [7, 11) is 1.55. The van der Waals surface area contributed by atoms with Crippen molar-refractivity contribution < 1.29 is 19.0 Å². The van der Waals surface area contributed by atoms with Crippen LogP contribution in [0.1, 0.15) is 34.0 Å². The molecule has 0 aromatic heterocycles. The van der Waals surface area contributed by atoms with Gasteiger partial charge < -0.3 is 14.2 Å². The Bertz CT molecular complexity index is 1120. The Morgan fingerprint density at radius 3 is 2.33 bits per heavy atom. The van der Waals surface area contributed by atoms with Gasteiger partial charge in [-0.1, -0.05) is 29.8 Å². The Kier molecular flexibility index (Phi) is 8.91. The third kappa shape index (κ3) is 6.82. The fourth-order valence-corrected chi connectivity index (χ4v) is 4.40. The van der Waals surface area contributed by atoms with Crippen molar-refractivity contribution in [3.8, 4) is 17.2 Å². The van der Waals surface area contributed by atoms with Crippen LogP contribution < -0.4 is 19.6 Å². The molecule has 0 atom stereocenters. The van der Waals surface area contributed by atoms with E-state index < -0.39 is 0 Å². The number of nitrogens with one attached hydrogen (secondary N) is 1. The molecule has 3 rings (SSSR count). The van der Waals surface area contributed by atoms with Crippen molar-refractivity contribution in [1.29, 1.82) is 0 Å². The molecule has 3 aromatic rings. The molecule has 0 aliphatic heterocycles. The lowest BCUT2D eigenvalue weighted by molar-refractivity contribution is 0.0954. The van der Waals surface area contributed by atoms with Crippen LogP contribution in [0.5, 0.6) is 17.2 Å². The molecule has 0 unspecified atom stereocenters. The molecule has 6 nitrogen and oxygen atoms in total. The maximum absolute atomic E-state index is 12.5. The van der Waals surface area contributed by atoms with E-state index in [0.29, 0.717) is 36.0 Å². The average molecular weight is 576 g/mol. The molecular formula is C25H24Br2N2O4. The molecule has 0 saturated carbocycles. The number of halogens is 2. The van der Waals surface area contributed by atoms with Crippen LogP contribution in [0.15, 0.2) is 68.6 Å². The first-order chi connectivity index (χ1) is 15.9. The number of carbonyl (C=O) groups is 1. The first kappa shape index (κ1) is 24.8. The van der Waals surface area contributed by atoms with Crippen LogP contribution in [-0.4, -0.2) is 25.8 Å². The highest BCUT2D eigenvalue weighted by Gasteiger charge is 2.11. The van der Waals surface area contributed by atoms with Gasteiger partial charge in [-0.05, 0) is 87.2 Å². The zero-order chi connectivity index (χ0) is 23.8. The second-order valence-electron chi connectivity index (χ2n) is 7.09. The summed E-state index contributed by atoms with van der Waals surface area (Å²) in [6, 6.07) is 16.9. The SMILES string of the molecule is CCOc1cc(C(=O)N/N=C/c2cc(Br)c(OCc3ccc(C)cc3)c(Br)c2)ccc1OC. The minimum Gasteiger partial charge on any atom is -0.493 e. The van der Waals surface area contributed by atoms with E-state index in [1.54, 1.807) is 31.5 Å². The van der Waals surface area contributed by atoms with E-state index in [4.69, 9.17) is 14.2 Å². The number of rotatable bonds is 9. The minimum absolute atomic E-state index is 0.356. The van der Waals surface area contributed by atoms with Crippen molar-refractivity contribution >= 4 is 44.0 Å². The smallest absolute Gasteiger partial charge is 0.271 e. The van der Waals surface area contributed by atoms with E-state index in [1.165, 1.54) is 5.56 Å². The van der Waals surface area contributed by atoms with E-state index >= 15 is 0 Å². The highest BCUT2D eigenvalue weighted by molar-refractivity contribution is 9.11. The minimum atomic E-state index is -0.356. The Morgan fingerprint density at radius 2 is 1.70 bits per heavy atom. The summed E-state index contributed by atoms with van der Waals surface area (Å²) in [5.74, 6) is 1.41. The molecule has 0 heterocycles. The second kappa shape index (κ2) is 11.9. The first-order valence-corrected chi connectivity index (χ1v) is 11.8. The lowest BCUT2D eigenvalue weighted by Gasteiger charge is -2.12. The molecule has 172 valence electrons. The fourth-order valence-electron chi connectivity index (χ4n) is 2.95. The van der Waals surface area contributed by atoms with E-state index in [1.807, 2.05) is 31.2 Å². The zero-order valence-corrected chi connectivity index (χ0v) is 21.7. The summed E-state index contributed by atoms with van der Waals surface area (Å²) >= 11 is 7.09. The molecule has 0 aliphatic carbocycles. The molecular weight excluding hydrogens is 552 g/mol. The number of amides is 1. The molecule has 0 bridgehead atoms.